The number of hydrogen-bond donors (Lipinski definition) is 0. The number of fused-ring (bicyclic) bond motifs is 5. The summed E-state index contributed by atoms with van der Waals surface area (Å²) in [6, 6.07) is 0. The van der Waals surface area contributed by atoms with Crippen molar-refractivity contribution in [3.05, 3.63) is 12.2 Å². The van der Waals surface area contributed by atoms with Crippen molar-refractivity contribution in [2.45, 2.75) is 59.4 Å². The van der Waals surface area contributed by atoms with E-state index >= 15 is 0 Å². The molecule has 5 unspecified atom stereocenters. The Bertz CT molecular complexity index is 490. The van der Waals surface area contributed by atoms with Crippen molar-refractivity contribution in [3.63, 3.8) is 0 Å². The Hall–Kier alpha value is -1.12. The molecular weight excluding hydrogens is 274 g/mol. The number of likely N-dealkylation sites (tertiary alicyclic amines) is 1. The Morgan fingerprint density at radius 1 is 1.09 bits per heavy atom. The molecule has 3 heteroatoms. The molecule has 0 aromatic heterocycles. The lowest BCUT2D eigenvalue weighted by molar-refractivity contribution is -0.147. The molecule has 3 aliphatic rings. The van der Waals surface area contributed by atoms with E-state index in [2.05, 4.69) is 46.8 Å². The highest BCUT2D eigenvalue weighted by Gasteiger charge is 2.61. The third kappa shape index (κ3) is 2.33. The van der Waals surface area contributed by atoms with E-state index in [0.29, 0.717) is 23.7 Å². The van der Waals surface area contributed by atoms with Gasteiger partial charge in [0.2, 0.25) is 11.8 Å². The zero-order valence-corrected chi connectivity index (χ0v) is 14.5. The molecule has 1 heterocycles. The third-order valence-electron chi connectivity index (χ3n) is 5.80. The second kappa shape index (κ2) is 5.21. The molecule has 22 heavy (non-hydrogen) atoms. The summed E-state index contributed by atoms with van der Waals surface area (Å²) >= 11 is 0. The molecule has 5 atom stereocenters. The number of imide groups is 1. The lowest BCUT2D eigenvalue weighted by Crippen LogP contribution is -2.49. The van der Waals surface area contributed by atoms with E-state index < -0.39 is 0 Å². The van der Waals surface area contributed by atoms with E-state index in [1.54, 1.807) is 4.90 Å². The van der Waals surface area contributed by atoms with Gasteiger partial charge in [-0.25, -0.2) is 0 Å². The summed E-state index contributed by atoms with van der Waals surface area (Å²) in [4.78, 5) is 27.4. The van der Waals surface area contributed by atoms with Gasteiger partial charge in [-0.15, -0.1) is 0 Å². The van der Waals surface area contributed by atoms with E-state index in [1.807, 2.05) is 0 Å². The van der Waals surface area contributed by atoms with Crippen LogP contribution < -0.4 is 0 Å². The molecule has 1 saturated carbocycles. The van der Waals surface area contributed by atoms with Crippen molar-refractivity contribution < 1.29 is 9.59 Å². The van der Waals surface area contributed by atoms with Gasteiger partial charge in [-0.3, -0.25) is 14.5 Å². The van der Waals surface area contributed by atoms with E-state index in [4.69, 9.17) is 0 Å². The Morgan fingerprint density at radius 2 is 1.59 bits per heavy atom. The molecule has 1 saturated heterocycles. The van der Waals surface area contributed by atoms with Crippen molar-refractivity contribution in [3.8, 4) is 0 Å². The number of rotatable bonds is 5. The highest BCUT2D eigenvalue weighted by molar-refractivity contribution is 6.07. The first kappa shape index (κ1) is 15.8. The van der Waals surface area contributed by atoms with Gasteiger partial charge in [0, 0.05) is 5.54 Å². The van der Waals surface area contributed by atoms with Crippen LogP contribution in [0.4, 0.5) is 0 Å². The van der Waals surface area contributed by atoms with Crippen molar-refractivity contribution >= 4 is 11.8 Å². The number of nitrogens with zero attached hydrogens (tertiary/aromatic N) is 1. The maximum absolute atomic E-state index is 12.9. The molecule has 3 nitrogen and oxygen atoms in total. The monoisotopic (exact) mass is 303 g/mol. The summed E-state index contributed by atoms with van der Waals surface area (Å²) in [5.74, 6) is 1.83. The summed E-state index contributed by atoms with van der Waals surface area (Å²) < 4.78 is 0. The van der Waals surface area contributed by atoms with Gasteiger partial charge in [0.25, 0.3) is 0 Å². The fraction of sp³-hybridized carbons (Fsp3) is 0.789. The van der Waals surface area contributed by atoms with Crippen molar-refractivity contribution in [2.75, 3.05) is 0 Å². The van der Waals surface area contributed by atoms with E-state index in [0.717, 1.165) is 19.3 Å². The van der Waals surface area contributed by atoms with Crippen LogP contribution in [0.25, 0.3) is 0 Å². The molecule has 0 aromatic rings. The molecular formula is C19H29NO2. The van der Waals surface area contributed by atoms with Gasteiger partial charge in [0.05, 0.1) is 11.8 Å². The van der Waals surface area contributed by atoms with Crippen molar-refractivity contribution in [1.29, 1.82) is 0 Å². The van der Waals surface area contributed by atoms with Gasteiger partial charge in [0.15, 0.2) is 0 Å². The molecule has 2 aliphatic carbocycles. The average Bonchev–Trinajstić information content (AvgIpc) is 3.01. The van der Waals surface area contributed by atoms with E-state index in [-0.39, 0.29) is 29.2 Å². The van der Waals surface area contributed by atoms with Crippen LogP contribution in [-0.2, 0) is 9.59 Å². The molecule has 2 fully saturated rings. The largest absolute Gasteiger partial charge is 0.276 e. The Kier molecular flexibility index (Phi) is 3.73. The zero-order chi connectivity index (χ0) is 16.2. The number of amides is 2. The maximum Gasteiger partial charge on any atom is 0.234 e. The smallest absolute Gasteiger partial charge is 0.234 e. The Labute approximate surface area is 134 Å². The zero-order valence-electron chi connectivity index (χ0n) is 14.5. The minimum Gasteiger partial charge on any atom is -0.276 e. The molecule has 0 aromatic carbocycles. The van der Waals surface area contributed by atoms with Gasteiger partial charge in [-0.1, -0.05) is 32.9 Å². The predicted octanol–water partition coefficient (Wildman–Crippen LogP) is 3.64. The highest BCUT2D eigenvalue weighted by Crippen LogP contribution is 2.54. The van der Waals surface area contributed by atoms with E-state index in [1.165, 1.54) is 0 Å². The minimum atomic E-state index is -0.369. The second-order valence-corrected chi connectivity index (χ2v) is 8.76. The summed E-state index contributed by atoms with van der Waals surface area (Å²) in [6.45, 7) is 10.8. The van der Waals surface area contributed by atoms with Gasteiger partial charge in [-0.05, 0) is 56.8 Å². The summed E-state index contributed by atoms with van der Waals surface area (Å²) in [6.07, 6.45) is 7.36. The van der Waals surface area contributed by atoms with Crippen LogP contribution >= 0.6 is 0 Å². The Balaban J connectivity index is 1.77. The van der Waals surface area contributed by atoms with E-state index in [9.17, 15) is 9.59 Å². The maximum atomic E-state index is 12.9. The van der Waals surface area contributed by atoms with Crippen LogP contribution in [0.1, 0.15) is 53.9 Å². The first-order valence-electron chi connectivity index (χ1n) is 8.78. The summed E-state index contributed by atoms with van der Waals surface area (Å²) in [5, 5.41) is 0. The summed E-state index contributed by atoms with van der Waals surface area (Å²) in [7, 11) is 0. The first-order chi connectivity index (χ1) is 10.2. The molecule has 2 amide bonds. The number of carbonyl (C=O) groups excluding carboxylic acids is 2. The number of allylic oxidation sites excluding steroid dienone is 2. The SMILES string of the molecule is CC(C)CC(C)CC(C)(C)N1C(=O)C2C3C=CC(C3)C2C1=O. The quantitative estimate of drug-likeness (QED) is 0.574. The minimum absolute atomic E-state index is 0.0674. The molecule has 3 rings (SSSR count). The van der Waals surface area contributed by atoms with Crippen LogP contribution in [0.15, 0.2) is 12.2 Å². The normalized spacial score (nSPS) is 34.9. The van der Waals surface area contributed by atoms with Crippen molar-refractivity contribution in [2.24, 2.45) is 35.5 Å². The first-order valence-corrected chi connectivity index (χ1v) is 8.78. The average molecular weight is 303 g/mol. The molecule has 0 N–H and O–H groups in total. The van der Waals surface area contributed by atoms with Crippen LogP contribution in [-0.4, -0.2) is 22.3 Å². The lowest BCUT2D eigenvalue weighted by atomic mass is 9.85. The fourth-order valence-electron chi connectivity index (χ4n) is 5.33. The number of hydrogen-bond acceptors (Lipinski definition) is 2. The predicted molar refractivity (Wildman–Crippen MR) is 86.9 cm³/mol. The van der Waals surface area contributed by atoms with Crippen LogP contribution in [0, 0.1) is 35.5 Å². The summed E-state index contributed by atoms with van der Waals surface area (Å²) in [5.41, 5.74) is -0.369. The lowest BCUT2D eigenvalue weighted by Gasteiger charge is -2.37. The fourth-order valence-corrected chi connectivity index (χ4v) is 5.33. The molecule has 1 aliphatic heterocycles. The van der Waals surface area contributed by atoms with Crippen molar-refractivity contribution in [1.82, 2.24) is 4.90 Å². The second-order valence-electron chi connectivity index (χ2n) is 8.76. The van der Waals surface area contributed by atoms with Gasteiger partial charge in [0.1, 0.15) is 0 Å². The number of carbonyl (C=O) groups is 2. The highest BCUT2D eigenvalue weighted by atomic mass is 16.2. The van der Waals surface area contributed by atoms with Crippen LogP contribution in [0.2, 0.25) is 0 Å². The third-order valence-corrected chi connectivity index (χ3v) is 5.80. The van der Waals surface area contributed by atoms with Gasteiger partial charge in [-0.2, -0.15) is 0 Å². The molecule has 122 valence electrons. The standard InChI is InChI=1S/C19H29NO2/c1-11(2)8-12(3)10-19(4,5)20-17(21)15-13-6-7-14(9-13)16(15)18(20)22/h6-7,11-16H,8-10H2,1-5H3. The van der Waals surface area contributed by atoms with Gasteiger partial charge >= 0.3 is 0 Å². The molecule has 0 radical (unpaired) electrons. The Morgan fingerprint density at radius 3 is 2.05 bits per heavy atom. The van der Waals surface area contributed by atoms with Crippen LogP contribution in [0.3, 0.4) is 0 Å². The molecule has 2 bridgehead atoms. The molecule has 0 spiro atoms. The van der Waals surface area contributed by atoms with Crippen LogP contribution in [0.5, 0.6) is 0 Å². The topological polar surface area (TPSA) is 37.4 Å². The van der Waals surface area contributed by atoms with Gasteiger partial charge < -0.3 is 0 Å².